The Kier molecular flexibility index (Phi) is 12.6. The van der Waals surface area contributed by atoms with Gasteiger partial charge in [0.05, 0.1) is 0 Å². The smallest absolute Gasteiger partial charge is 0.361 e. The molecular formula is C27H27LiN-. The number of rotatable bonds is 6. The van der Waals surface area contributed by atoms with Crippen LogP contribution in [0.15, 0.2) is 115 Å². The molecule has 1 N–H and O–H groups in total. The van der Waals surface area contributed by atoms with Crippen molar-refractivity contribution in [1.29, 1.82) is 0 Å². The standard InChI is InChI=1S/C15H18N.C12H9.Li/c1-3-4-5-6-7-10-13-16-15-12-9-8-11-14(15)2;1-3-7-11(8-4-1)12-9-5-2-6-10-12;/h3-4,6-13,16H,1,5H2,2H3;1,3-10H;/q2*-1;+1/b4-3-,7-6+,13-10+;;. The number of allylic oxidation sites excluding steroid dienone is 5. The molecule has 0 saturated heterocycles. The maximum atomic E-state index is 3.62. The maximum Gasteiger partial charge on any atom is 1.00 e. The molecule has 0 unspecified atom stereocenters. The fourth-order valence-electron chi connectivity index (χ4n) is 2.47. The van der Waals surface area contributed by atoms with Gasteiger partial charge in [0.2, 0.25) is 0 Å². The fourth-order valence-corrected chi connectivity index (χ4v) is 2.47. The Bertz CT molecular complexity index is 843. The first-order valence-electron chi connectivity index (χ1n) is 9.41. The molecule has 1 nitrogen and oxygen atoms in total. The maximum absolute atomic E-state index is 3.62. The second-order valence-corrected chi connectivity index (χ2v) is 6.11. The monoisotopic (exact) mass is 372 g/mol. The minimum absolute atomic E-state index is 0. The van der Waals surface area contributed by atoms with E-state index in [1.165, 1.54) is 16.7 Å². The first-order valence-corrected chi connectivity index (χ1v) is 9.41. The number of para-hydroxylation sites is 1. The predicted molar refractivity (Wildman–Crippen MR) is 123 cm³/mol. The van der Waals surface area contributed by atoms with E-state index in [-0.39, 0.29) is 18.9 Å². The van der Waals surface area contributed by atoms with Gasteiger partial charge in [0, 0.05) is 11.9 Å². The van der Waals surface area contributed by atoms with Crippen LogP contribution in [0.2, 0.25) is 0 Å². The number of nitrogens with one attached hydrogen (secondary N) is 1. The van der Waals surface area contributed by atoms with Crippen LogP contribution in [0.3, 0.4) is 0 Å². The molecule has 142 valence electrons. The van der Waals surface area contributed by atoms with Crippen molar-refractivity contribution in [2.45, 2.75) is 13.3 Å². The van der Waals surface area contributed by atoms with E-state index in [0.717, 1.165) is 12.1 Å². The van der Waals surface area contributed by atoms with Gasteiger partial charge in [-0.15, -0.1) is 5.56 Å². The van der Waals surface area contributed by atoms with E-state index in [2.05, 4.69) is 67.7 Å². The van der Waals surface area contributed by atoms with Crippen molar-refractivity contribution < 1.29 is 18.9 Å². The van der Waals surface area contributed by atoms with E-state index in [9.17, 15) is 0 Å². The molecule has 0 fully saturated rings. The molecule has 3 aromatic carbocycles. The Hall–Kier alpha value is -2.85. The Morgan fingerprint density at radius 2 is 1.48 bits per heavy atom. The summed E-state index contributed by atoms with van der Waals surface area (Å²) >= 11 is 0. The zero-order valence-electron chi connectivity index (χ0n) is 17.4. The molecule has 0 aromatic heterocycles. The van der Waals surface area contributed by atoms with E-state index >= 15 is 0 Å². The minimum Gasteiger partial charge on any atom is -0.361 e. The Balaban J connectivity index is 0.000000289. The number of benzene rings is 3. The van der Waals surface area contributed by atoms with Crippen LogP contribution in [0.4, 0.5) is 5.69 Å². The Morgan fingerprint density at radius 3 is 2.17 bits per heavy atom. The second-order valence-electron chi connectivity index (χ2n) is 6.11. The zero-order chi connectivity index (χ0) is 19.9. The fraction of sp³-hybridized carbons (Fsp3) is 0.0741. The van der Waals surface area contributed by atoms with Crippen LogP contribution in [-0.4, -0.2) is 0 Å². The molecule has 0 spiro atoms. The van der Waals surface area contributed by atoms with Crippen molar-refractivity contribution in [2.24, 2.45) is 0 Å². The van der Waals surface area contributed by atoms with Crippen LogP contribution in [0.5, 0.6) is 0 Å². The quantitative estimate of drug-likeness (QED) is 0.384. The molecule has 0 aliphatic rings. The SMILES string of the molecule is [CH2-]/C=C\C/C=C/C=C/Nc1ccccc1C.[Li+].[c-]1ccc(-c2ccccc2)cc1. The third kappa shape index (κ3) is 9.76. The molecule has 29 heavy (non-hydrogen) atoms. The van der Waals surface area contributed by atoms with E-state index in [1.807, 2.05) is 66.9 Å². The van der Waals surface area contributed by atoms with Crippen LogP contribution < -0.4 is 24.2 Å². The summed E-state index contributed by atoms with van der Waals surface area (Å²) < 4.78 is 0. The molecule has 0 heterocycles. The van der Waals surface area contributed by atoms with Gasteiger partial charge in [0.25, 0.3) is 0 Å². The van der Waals surface area contributed by atoms with Gasteiger partial charge < -0.3 is 5.32 Å². The topological polar surface area (TPSA) is 12.0 Å². The molecule has 0 bridgehead atoms. The summed E-state index contributed by atoms with van der Waals surface area (Å²) in [4.78, 5) is 0. The molecule has 0 amide bonds. The third-order valence-electron chi connectivity index (χ3n) is 3.99. The third-order valence-corrected chi connectivity index (χ3v) is 3.99. The largest absolute Gasteiger partial charge is 1.00 e. The summed E-state index contributed by atoms with van der Waals surface area (Å²) in [6, 6.07) is 29.5. The van der Waals surface area contributed by atoms with Gasteiger partial charge in [0.15, 0.2) is 0 Å². The van der Waals surface area contributed by atoms with E-state index in [0.29, 0.717) is 0 Å². The second kappa shape index (κ2) is 15.1. The van der Waals surface area contributed by atoms with Crippen LogP contribution >= 0.6 is 0 Å². The number of hydrogen-bond donors (Lipinski definition) is 1. The molecule has 3 aromatic rings. The van der Waals surface area contributed by atoms with E-state index in [4.69, 9.17) is 0 Å². The minimum atomic E-state index is 0. The van der Waals surface area contributed by atoms with E-state index < -0.39 is 0 Å². The molecule has 0 saturated carbocycles. The molecule has 0 radical (unpaired) electrons. The van der Waals surface area contributed by atoms with Gasteiger partial charge in [0.1, 0.15) is 0 Å². The van der Waals surface area contributed by atoms with Crippen molar-refractivity contribution in [3.05, 3.63) is 134 Å². The van der Waals surface area contributed by atoms with Crippen LogP contribution in [-0.2, 0) is 0 Å². The van der Waals surface area contributed by atoms with Crippen molar-refractivity contribution >= 4 is 5.69 Å². The van der Waals surface area contributed by atoms with Gasteiger partial charge in [-0.2, -0.15) is 30.3 Å². The molecule has 3 rings (SSSR count). The average Bonchev–Trinajstić information content (AvgIpc) is 2.76. The van der Waals surface area contributed by atoms with E-state index in [1.54, 1.807) is 6.08 Å². The molecule has 0 aliphatic carbocycles. The molecule has 0 aliphatic heterocycles. The van der Waals surface area contributed by atoms with Crippen LogP contribution in [0.25, 0.3) is 11.1 Å². The number of anilines is 1. The van der Waals surface area contributed by atoms with Crippen molar-refractivity contribution in [2.75, 3.05) is 5.32 Å². The zero-order valence-corrected chi connectivity index (χ0v) is 17.4. The summed E-state index contributed by atoms with van der Waals surface area (Å²) in [6.45, 7) is 5.71. The summed E-state index contributed by atoms with van der Waals surface area (Å²) in [5.74, 6) is 0. The Morgan fingerprint density at radius 1 is 0.828 bits per heavy atom. The number of hydrogen-bond acceptors (Lipinski definition) is 1. The molecule has 2 heteroatoms. The summed E-state index contributed by atoms with van der Waals surface area (Å²) in [7, 11) is 0. The van der Waals surface area contributed by atoms with Crippen LogP contribution in [0.1, 0.15) is 12.0 Å². The Labute approximate surface area is 188 Å². The number of aryl methyl sites for hydroxylation is 1. The van der Waals surface area contributed by atoms with Crippen molar-refractivity contribution in [3.8, 4) is 11.1 Å². The first kappa shape index (κ1) is 24.2. The van der Waals surface area contributed by atoms with Crippen molar-refractivity contribution in [1.82, 2.24) is 0 Å². The molecular weight excluding hydrogens is 345 g/mol. The van der Waals surface area contributed by atoms with Crippen LogP contribution in [0, 0.1) is 19.9 Å². The normalized spacial score (nSPS) is 10.5. The first-order chi connectivity index (χ1) is 13.8. The van der Waals surface area contributed by atoms with Crippen molar-refractivity contribution in [3.63, 3.8) is 0 Å². The molecule has 0 atom stereocenters. The summed E-state index contributed by atoms with van der Waals surface area (Å²) in [5.41, 5.74) is 4.89. The van der Waals surface area contributed by atoms with Gasteiger partial charge >= 0.3 is 18.9 Å². The average molecular weight is 372 g/mol. The summed E-state index contributed by atoms with van der Waals surface area (Å²) in [5, 5.41) is 3.24. The van der Waals surface area contributed by atoms with Gasteiger partial charge in [-0.1, -0.05) is 67.1 Å². The van der Waals surface area contributed by atoms with Gasteiger partial charge in [-0.3, -0.25) is 0 Å². The summed E-state index contributed by atoms with van der Waals surface area (Å²) in [6.07, 6.45) is 12.8. The predicted octanol–water partition coefficient (Wildman–Crippen LogP) is 4.42. The van der Waals surface area contributed by atoms with Gasteiger partial charge in [-0.25, -0.2) is 19.1 Å². The van der Waals surface area contributed by atoms with Gasteiger partial charge in [-0.05, 0) is 30.2 Å².